The zero-order valence-electron chi connectivity index (χ0n) is 18.0. The highest BCUT2D eigenvalue weighted by molar-refractivity contribution is 7.89. The third kappa shape index (κ3) is 6.55. The minimum atomic E-state index is -3.72. The number of rotatable bonds is 11. The van der Waals surface area contributed by atoms with Crippen LogP contribution in [-0.2, 0) is 21.3 Å². The van der Waals surface area contributed by atoms with Crippen molar-refractivity contribution in [3.05, 3.63) is 59.2 Å². The molecule has 0 aliphatic heterocycles. The lowest BCUT2D eigenvalue weighted by Crippen LogP contribution is -2.27. The number of hydrogen-bond donors (Lipinski definition) is 1. The molecule has 0 spiro atoms. The average Bonchev–Trinajstić information content (AvgIpc) is 2.75. The molecular weight excluding hydrogens is 404 g/mol. The highest BCUT2D eigenvalue weighted by atomic mass is 32.2. The van der Waals surface area contributed by atoms with E-state index < -0.39 is 16.0 Å². The van der Waals surface area contributed by atoms with Crippen molar-refractivity contribution in [2.75, 3.05) is 33.4 Å². The van der Waals surface area contributed by atoms with Gasteiger partial charge in [0.1, 0.15) is 12.4 Å². The molecule has 2 rings (SSSR count). The summed E-state index contributed by atoms with van der Waals surface area (Å²) in [6.07, 6.45) is 0. The molecule has 0 heterocycles. The van der Waals surface area contributed by atoms with Gasteiger partial charge in [0.2, 0.25) is 10.0 Å². The molecule has 2 aromatic carbocycles. The summed E-state index contributed by atoms with van der Waals surface area (Å²) in [6.45, 7) is 9.49. The fourth-order valence-corrected chi connectivity index (χ4v) is 4.23. The molecule has 2 aromatic rings. The van der Waals surface area contributed by atoms with Crippen LogP contribution < -0.4 is 9.46 Å². The highest BCUT2D eigenvalue weighted by Gasteiger charge is 2.18. The number of hydrogen-bond acceptors (Lipinski definition) is 6. The van der Waals surface area contributed by atoms with E-state index in [0.717, 1.165) is 30.9 Å². The minimum Gasteiger partial charge on any atom is -0.492 e. The maximum absolute atomic E-state index is 12.6. The molecule has 0 fully saturated rings. The van der Waals surface area contributed by atoms with Crippen LogP contribution >= 0.6 is 0 Å². The van der Waals surface area contributed by atoms with Gasteiger partial charge in [-0.25, -0.2) is 17.9 Å². The maximum atomic E-state index is 12.6. The second kappa shape index (κ2) is 11.1. The molecule has 0 saturated carbocycles. The zero-order valence-corrected chi connectivity index (χ0v) is 18.8. The Morgan fingerprint density at radius 2 is 1.73 bits per heavy atom. The zero-order chi connectivity index (χ0) is 22.1. The Morgan fingerprint density at radius 3 is 2.30 bits per heavy atom. The van der Waals surface area contributed by atoms with Gasteiger partial charge in [-0.3, -0.25) is 0 Å². The van der Waals surface area contributed by atoms with E-state index in [0.29, 0.717) is 17.7 Å². The number of sulfonamides is 1. The van der Waals surface area contributed by atoms with Crippen molar-refractivity contribution in [3.8, 4) is 5.75 Å². The lowest BCUT2D eigenvalue weighted by atomic mass is 10.1. The Morgan fingerprint density at radius 1 is 1.07 bits per heavy atom. The van der Waals surface area contributed by atoms with Gasteiger partial charge in [-0.1, -0.05) is 26.0 Å². The maximum Gasteiger partial charge on any atom is 0.337 e. The van der Waals surface area contributed by atoms with Gasteiger partial charge in [-0.15, -0.1) is 0 Å². The predicted molar refractivity (Wildman–Crippen MR) is 116 cm³/mol. The fraction of sp³-hybridized carbons (Fsp3) is 0.409. The summed E-state index contributed by atoms with van der Waals surface area (Å²) in [5.74, 6) is 0.248. The number of methoxy groups -OCH3 is 1. The Balaban J connectivity index is 1.95. The Kier molecular flexibility index (Phi) is 8.83. The summed E-state index contributed by atoms with van der Waals surface area (Å²) in [5, 5.41) is 0. The molecular formula is C22H30N2O5S. The molecule has 7 nitrogen and oxygen atoms in total. The second-order valence-corrected chi connectivity index (χ2v) is 8.55. The third-order valence-corrected chi connectivity index (χ3v) is 6.41. The van der Waals surface area contributed by atoms with E-state index in [-0.39, 0.29) is 11.4 Å². The molecule has 0 aromatic heterocycles. The van der Waals surface area contributed by atoms with Gasteiger partial charge in [-0.05, 0) is 61.5 Å². The summed E-state index contributed by atoms with van der Waals surface area (Å²) in [4.78, 5) is 14.0. The van der Waals surface area contributed by atoms with Gasteiger partial charge in [0.25, 0.3) is 0 Å². The number of aryl methyl sites for hydroxylation is 1. The van der Waals surface area contributed by atoms with E-state index in [2.05, 4.69) is 28.2 Å². The van der Waals surface area contributed by atoms with E-state index in [1.165, 1.54) is 25.3 Å². The van der Waals surface area contributed by atoms with Crippen LogP contribution in [0.25, 0.3) is 0 Å². The average molecular weight is 435 g/mol. The van der Waals surface area contributed by atoms with Gasteiger partial charge >= 0.3 is 5.97 Å². The molecule has 0 atom stereocenters. The quantitative estimate of drug-likeness (QED) is 0.548. The number of ether oxygens (including phenoxy) is 2. The number of likely N-dealkylation sites (N-methyl/N-ethyl adjacent to an activating group) is 1. The number of esters is 1. The minimum absolute atomic E-state index is 0.131. The standard InChI is InChI=1S/C22H30N2O5S/c1-5-24(6-2)13-14-29-20-10-7-18(8-11-20)16-23-30(26,27)21-12-9-19(15-17(21)3)22(25)28-4/h7-12,15,23H,5-6,13-14,16H2,1-4H3. The van der Waals surface area contributed by atoms with Gasteiger partial charge in [0.05, 0.1) is 17.6 Å². The summed E-state index contributed by atoms with van der Waals surface area (Å²) in [7, 11) is -2.43. The van der Waals surface area contributed by atoms with E-state index in [1.807, 2.05) is 24.3 Å². The molecule has 0 bridgehead atoms. The lowest BCUT2D eigenvalue weighted by Gasteiger charge is -2.18. The monoisotopic (exact) mass is 434 g/mol. The van der Waals surface area contributed by atoms with Gasteiger partial charge in [-0.2, -0.15) is 0 Å². The summed E-state index contributed by atoms with van der Waals surface area (Å²) >= 11 is 0. The van der Waals surface area contributed by atoms with E-state index in [1.54, 1.807) is 6.92 Å². The normalized spacial score (nSPS) is 11.5. The van der Waals surface area contributed by atoms with Gasteiger partial charge in [0.15, 0.2) is 0 Å². The first kappa shape index (κ1) is 23.9. The molecule has 0 aliphatic rings. The molecule has 0 aliphatic carbocycles. The first-order chi connectivity index (χ1) is 14.3. The molecule has 0 saturated heterocycles. The molecule has 8 heteroatoms. The topological polar surface area (TPSA) is 84.9 Å². The third-order valence-electron chi connectivity index (χ3n) is 4.85. The lowest BCUT2D eigenvalue weighted by molar-refractivity contribution is 0.0600. The molecule has 164 valence electrons. The van der Waals surface area contributed by atoms with Crippen LogP contribution in [0.15, 0.2) is 47.4 Å². The molecule has 30 heavy (non-hydrogen) atoms. The van der Waals surface area contributed by atoms with Crippen LogP contribution in [0.4, 0.5) is 0 Å². The highest BCUT2D eigenvalue weighted by Crippen LogP contribution is 2.18. The number of carbonyl (C=O) groups excluding carboxylic acids is 1. The van der Waals surface area contributed by atoms with Crippen molar-refractivity contribution in [2.24, 2.45) is 0 Å². The molecule has 0 radical (unpaired) electrons. The van der Waals surface area contributed by atoms with E-state index in [4.69, 9.17) is 4.74 Å². The number of nitrogens with one attached hydrogen (secondary N) is 1. The van der Waals surface area contributed by atoms with Gasteiger partial charge < -0.3 is 14.4 Å². The molecule has 0 unspecified atom stereocenters. The van der Waals surface area contributed by atoms with Crippen molar-refractivity contribution in [3.63, 3.8) is 0 Å². The van der Waals surface area contributed by atoms with Crippen molar-refractivity contribution in [1.29, 1.82) is 0 Å². The van der Waals surface area contributed by atoms with Crippen LogP contribution in [0, 0.1) is 6.92 Å². The van der Waals surface area contributed by atoms with Crippen LogP contribution in [0.2, 0.25) is 0 Å². The summed E-state index contributed by atoms with van der Waals surface area (Å²) in [6, 6.07) is 11.7. The van der Waals surface area contributed by atoms with Crippen LogP contribution in [0.5, 0.6) is 5.75 Å². The van der Waals surface area contributed by atoms with Crippen molar-refractivity contribution < 1.29 is 22.7 Å². The van der Waals surface area contributed by atoms with Crippen molar-refractivity contribution >= 4 is 16.0 Å². The van der Waals surface area contributed by atoms with Crippen molar-refractivity contribution in [1.82, 2.24) is 9.62 Å². The predicted octanol–water partition coefficient (Wildman–Crippen LogP) is 2.98. The van der Waals surface area contributed by atoms with Crippen molar-refractivity contribution in [2.45, 2.75) is 32.2 Å². The number of carbonyl (C=O) groups is 1. The summed E-state index contributed by atoms with van der Waals surface area (Å²) < 4.78 is 38.3. The van der Waals surface area contributed by atoms with E-state index in [9.17, 15) is 13.2 Å². The summed E-state index contributed by atoms with van der Waals surface area (Å²) in [5.41, 5.74) is 1.60. The fourth-order valence-electron chi connectivity index (χ4n) is 2.99. The Hall–Kier alpha value is -2.42. The van der Waals surface area contributed by atoms with Crippen LogP contribution in [0.1, 0.15) is 35.3 Å². The smallest absolute Gasteiger partial charge is 0.337 e. The Bertz CT molecular complexity index is 939. The first-order valence-corrected chi connectivity index (χ1v) is 11.4. The largest absolute Gasteiger partial charge is 0.492 e. The molecule has 0 amide bonds. The first-order valence-electron chi connectivity index (χ1n) is 9.93. The number of nitrogens with zero attached hydrogens (tertiary/aromatic N) is 1. The van der Waals surface area contributed by atoms with Crippen LogP contribution in [-0.4, -0.2) is 52.6 Å². The SMILES string of the molecule is CCN(CC)CCOc1ccc(CNS(=O)(=O)c2ccc(C(=O)OC)cc2C)cc1. The van der Waals surface area contributed by atoms with Gasteiger partial charge in [0, 0.05) is 13.1 Å². The molecule has 1 N–H and O–H groups in total. The van der Waals surface area contributed by atoms with Crippen LogP contribution in [0.3, 0.4) is 0 Å². The second-order valence-electron chi connectivity index (χ2n) is 6.82. The van der Waals surface area contributed by atoms with E-state index >= 15 is 0 Å². The Labute approximate surface area is 179 Å². The number of benzene rings is 2.